The molecule has 0 radical (unpaired) electrons. The Balaban J connectivity index is 2.62. The number of hydrogen-bond acceptors (Lipinski definition) is 1. The molecule has 2 N–H and O–H groups in total. The van der Waals surface area contributed by atoms with Crippen molar-refractivity contribution in [2.45, 2.75) is 32.5 Å². The number of aryl methyl sites for hydroxylation is 1. The minimum absolute atomic E-state index is 0.127. The van der Waals surface area contributed by atoms with Crippen molar-refractivity contribution in [2.24, 2.45) is 5.73 Å². The first-order chi connectivity index (χ1) is 8.88. The Bertz CT molecular complexity index is 584. The van der Waals surface area contributed by atoms with Crippen LogP contribution in [0, 0.1) is 0 Å². The molecule has 1 unspecified atom stereocenters. The first-order valence-corrected chi connectivity index (χ1v) is 6.29. The summed E-state index contributed by atoms with van der Waals surface area (Å²) in [6.45, 7) is 5.14. The summed E-state index contributed by atoms with van der Waals surface area (Å²) in [6, 6.07) is 5.68. The van der Waals surface area contributed by atoms with E-state index in [1.807, 2.05) is 24.5 Å². The molecule has 0 fully saturated rings. The topological polar surface area (TPSA) is 30.9 Å². The van der Waals surface area contributed by atoms with E-state index in [9.17, 15) is 13.2 Å². The average molecular weight is 270 g/mol. The van der Waals surface area contributed by atoms with Gasteiger partial charge in [-0.05, 0) is 31.2 Å². The fourth-order valence-electron chi connectivity index (χ4n) is 2.35. The van der Waals surface area contributed by atoms with Gasteiger partial charge in [-0.2, -0.15) is 13.2 Å². The Morgan fingerprint density at radius 3 is 2.47 bits per heavy atom. The van der Waals surface area contributed by atoms with Crippen LogP contribution in [0.3, 0.4) is 0 Å². The Hall–Kier alpha value is -1.49. The molecule has 104 valence electrons. The van der Waals surface area contributed by atoms with E-state index in [0.29, 0.717) is 18.5 Å². The lowest BCUT2D eigenvalue weighted by Crippen LogP contribution is -2.13. The van der Waals surface area contributed by atoms with Crippen molar-refractivity contribution >= 4 is 10.9 Å². The van der Waals surface area contributed by atoms with Gasteiger partial charge < -0.3 is 10.3 Å². The molecule has 0 saturated heterocycles. The lowest BCUT2D eigenvalue weighted by atomic mass is 10.1. The third kappa shape index (κ3) is 2.47. The van der Waals surface area contributed by atoms with Crippen LogP contribution < -0.4 is 5.73 Å². The second-order valence-electron chi connectivity index (χ2n) is 4.72. The van der Waals surface area contributed by atoms with Crippen LogP contribution in [0.1, 0.15) is 31.0 Å². The summed E-state index contributed by atoms with van der Waals surface area (Å²) in [5.41, 5.74) is 6.85. The molecule has 2 nitrogen and oxygen atoms in total. The van der Waals surface area contributed by atoms with E-state index in [1.165, 1.54) is 12.1 Å². The van der Waals surface area contributed by atoms with Crippen molar-refractivity contribution < 1.29 is 13.2 Å². The number of aromatic nitrogens is 1. The molecule has 0 bridgehead atoms. The highest BCUT2D eigenvalue weighted by atomic mass is 19.4. The van der Waals surface area contributed by atoms with Gasteiger partial charge in [0.25, 0.3) is 0 Å². The second-order valence-corrected chi connectivity index (χ2v) is 4.72. The van der Waals surface area contributed by atoms with Crippen LogP contribution in [0.5, 0.6) is 0 Å². The normalized spacial score (nSPS) is 14.0. The predicted octanol–water partition coefficient (Wildman–Crippen LogP) is 3.74. The highest BCUT2D eigenvalue weighted by Gasteiger charge is 2.30. The largest absolute Gasteiger partial charge is 0.416 e. The maximum atomic E-state index is 12.7. The number of hydrogen-bond donors (Lipinski definition) is 1. The number of rotatable bonds is 3. The van der Waals surface area contributed by atoms with E-state index in [1.54, 1.807) is 0 Å². The van der Waals surface area contributed by atoms with Crippen LogP contribution >= 0.6 is 0 Å². The van der Waals surface area contributed by atoms with Gasteiger partial charge in [-0.15, -0.1) is 0 Å². The zero-order valence-corrected chi connectivity index (χ0v) is 11.0. The second kappa shape index (κ2) is 4.89. The van der Waals surface area contributed by atoms with Crippen molar-refractivity contribution in [3.8, 4) is 0 Å². The van der Waals surface area contributed by atoms with Crippen LogP contribution in [0.15, 0.2) is 24.3 Å². The molecule has 19 heavy (non-hydrogen) atoms. The Kier molecular flexibility index (Phi) is 3.58. The predicted molar refractivity (Wildman–Crippen MR) is 70.1 cm³/mol. The van der Waals surface area contributed by atoms with Crippen LogP contribution in [0.2, 0.25) is 0 Å². The Morgan fingerprint density at radius 2 is 1.95 bits per heavy atom. The molecule has 2 rings (SSSR count). The van der Waals surface area contributed by atoms with Gasteiger partial charge in [-0.1, -0.05) is 6.92 Å². The van der Waals surface area contributed by atoms with Gasteiger partial charge in [-0.25, -0.2) is 0 Å². The fourth-order valence-corrected chi connectivity index (χ4v) is 2.35. The average Bonchev–Trinajstić information content (AvgIpc) is 2.74. The monoisotopic (exact) mass is 270 g/mol. The van der Waals surface area contributed by atoms with Gasteiger partial charge in [0.05, 0.1) is 5.56 Å². The van der Waals surface area contributed by atoms with E-state index >= 15 is 0 Å². The molecule has 0 aliphatic carbocycles. The van der Waals surface area contributed by atoms with Crippen LogP contribution in [0.4, 0.5) is 13.2 Å². The minimum atomic E-state index is -4.30. The summed E-state index contributed by atoms with van der Waals surface area (Å²) >= 11 is 0. The molecule has 0 saturated carbocycles. The third-order valence-electron chi connectivity index (χ3n) is 3.44. The van der Waals surface area contributed by atoms with Crippen molar-refractivity contribution in [1.82, 2.24) is 4.57 Å². The van der Waals surface area contributed by atoms with E-state index < -0.39 is 11.7 Å². The highest BCUT2D eigenvalue weighted by Crippen LogP contribution is 2.33. The lowest BCUT2D eigenvalue weighted by molar-refractivity contribution is -0.137. The van der Waals surface area contributed by atoms with Crippen molar-refractivity contribution in [2.75, 3.05) is 6.54 Å². The van der Waals surface area contributed by atoms with Crippen LogP contribution in [-0.4, -0.2) is 11.1 Å². The van der Waals surface area contributed by atoms with Crippen molar-refractivity contribution in [3.05, 3.63) is 35.5 Å². The molecule has 0 aliphatic rings. The summed E-state index contributed by atoms with van der Waals surface area (Å²) in [4.78, 5) is 0. The molecule has 1 heterocycles. The maximum absolute atomic E-state index is 12.7. The zero-order chi connectivity index (χ0) is 14.2. The van der Waals surface area contributed by atoms with Crippen molar-refractivity contribution in [3.63, 3.8) is 0 Å². The molecule has 0 spiro atoms. The quantitative estimate of drug-likeness (QED) is 0.905. The molecule has 1 atom stereocenters. The zero-order valence-electron chi connectivity index (χ0n) is 11.0. The summed E-state index contributed by atoms with van der Waals surface area (Å²) in [6.07, 6.45) is -4.30. The molecule has 1 aromatic heterocycles. The van der Waals surface area contributed by atoms with Gasteiger partial charge in [0.1, 0.15) is 0 Å². The number of fused-ring (bicyclic) bond motifs is 1. The molecular formula is C14H17F3N2. The molecule has 0 amide bonds. The minimum Gasteiger partial charge on any atom is -0.345 e. The summed E-state index contributed by atoms with van der Waals surface area (Å²) < 4.78 is 40.1. The first kappa shape index (κ1) is 13.9. The molecular weight excluding hydrogens is 253 g/mol. The molecule has 2 aromatic rings. The number of halogens is 3. The van der Waals surface area contributed by atoms with Crippen LogP contribution in [-0.2, 0) is 12.7 Å². The van der Waals surface area contributed by atoms with E-state index in [2.05, 4.69) is 0 Å². The number of nitrogens with two attached hydrogens (primary N) is 1. The van der Waals surface area contributed by atoms with E-state index in [-0.39, 0.29) is 5.92 Å². The van der Waals surface area contributed by atoms with E-state index in [4.69, 9.17) is 5.73 Å². The van der Waals surface area contributed by atoms with Gasteiger partial charge >= 0.3 is 6.18 Å². The standard InChI is InChI=1S/C14H17F3N2/c1-3-19-12-5-4-11(14(15,16)17)6-10(12)7-13(19)9(2)8-18/h4-7,9H,3,8,18H2,1-2H3. The third-order valence-corrected chi connectivity index (χ3v) is 3.44. The molecule has 0 aliphatic heterocycles. The highest BCUT2D eigenvalue weighted by molar-refractivity contribution is 5.82. The fraction of sp³-hybridized carbons (Fsp3) is 0.429. The summed E-state index contributed by atoms with van der Waals surface area (Å²) in [7, 11) is 0. The smallest absolute Gasteiger partial charge is 0.345 e. The Labute approximate surface area is 110 Å². The van der Waals surface area contributed by atoms with Gasteiger partial charge in [0, 0.05) is 35.6 Å². The summed E-state index contributed by atoms with van der Waals surface area (Å²) in [5, 5.41) is 0.618. The van der Waals surface area contributed by atoms with E-state index in [0.717, 1.165) is 17.3 Å². The van der Waals surface area contributed by atoms with Crippen molar-refractivity contribution in [1.29, 1.82) is 0 Å². The lowest BCUT2D eigenvalue weighted by Gasteiger charge is -2.13. The molecule has 1 aromatic carbocycles. The van der Waals surface area contributed by atoms with Crippen LogP contribution in [0.25, 0.3) is 10.9 Å². The summed E-state index contributed by atoms with van der Waals surface area (Å²) in [5.74, 6) is 0.127. The van der Waals surface area contributed by atoms with Gasteiger partial charge in [-0.3, -0.25) is 0 Å². The number of nitrogens with zero attached hydrogens (tertiary/aromatic N) is 1. The molecule has 5 heteroatoms. The SMILES string of the molecule is CCn1c(C(C)CN)cc2cc(C(F)(F)F)ccc21. The van der Waals surface area contributed by atoms with Gasteiger partial charge in [0.2, 0.25) is 0 Å². The van der Waals surface area contributed by atoms with Gasteiger partial charge in [0.15, 0.2) is 0 Å². The number of benzene rings is 1. The first-order valence-electron chi connectivity index (χ1n) is 6.29. The Morgan fingerprint density at radius 1 is 1.26 bits per heavy atom. The number of alkyl halides is 3. The maximum Gasteiger partial charge on any atom is 0.416 e.